The van der Waals surface area contributed by atoms with E-state index in [9.17, 15) is 28.8 Å². The first kappa shape index (κ1) is 28.1. The fourth-order valence-corrected chi connectivity index (χ4v) is 2.73. The van der Waals surface area contributed by atoms with Crippen molar-refractivity contribution in [3.8, 4) is 0 Å². The second kappa shape index (κ2) is 14.2. The summed E-state index contributed by atoms with van der Waals surface area (Å²) in [5, 5.41) is 24.5. The summed E-state index contributed by atoms with van der Waals surface area (Å²) in [5.74, 6) is -5.60. The minimum atomic E-state index is -1.62. The van der Waals surface area contributed by atoms with Crippen molar-refractivity contribution in [3.63, 3.8) is 0 Å². The summed E-state index contributed by atoms with van der Waals surface area (Å²) in [5.41, 5.74) is 10.8. The minimum Gasteiger partial charge on any atom is -0.481 e. The fraction of sp³-hybridized carbons (Fsp3) is 0.647. The van der Waals surface area contributed by atoms with Crippen LogP contribution in [0.2, 0.25) is 0 Å². The Morgan fingerprint density at radius 2 is 1.45 bits per heavy atom. The Hall–Kier alpha value is -2.87. The van der Waals surface area contributed by atoms with E-state index in [1.807, 2.05) is 6.26 Å². The van der Waals surface area contributed by atoms with E-state index < -0.39 is 66.2 Å². The Labute approximate surface area is 183 Å². The molecule has 0 bridgehead atoms. The number of hydrogen-bond acceptors (Lipinski definition) is 8. The molecule has 0 heterocycles. The van der Waals surface area contributed by atoms with Gasteiger partial charge in [-0.3, -0.25) is 28.8 Å². The third kappa shape index (κ3) is 11.8. The molecule has 4 amide bonds. The molecule has 4 unspecified atom stereocenters. The van der Waals surface area contributed by atoms with Crippen LogP contribution in [0.5, 0.6) is 0 Å². The number of carbonyl (C=O) groups excluding carboxylic acids is 4. The SMILES string of the molecule is CSCCC(N)C(=O)NC(CCC(N)=O)C(=O)NC(CC(=O)O)C(=O)NC(C)C(=O)O. The van der Waals surface area contributed by atoms with Crippen molar-refractivity contribution in [2.45, 2.75) is 56.8 Å². The van der Waals surface area contributed by atoms with Gasteiger partial charge in [-0.1, -0.05) is 0 Å². The number of nitrogens with two attached hydrogens (primary N) is 2. The first-order valence-corrected chi connectivity index (χ1v) is 10.7. The molecule has 0 aromatic heterocycles. The standard InChI is InChI=1S/C17H29N5O8S/c1-8(17(29)30)20-16(28)11(7-13(24)25)22-15(27)10(3-4-12(19)23)21-14(26)9(18)5-6-31-2/h8-11H,3-7,18H2,1-2H3,(H2,19,23)(H,20,28)(H,21,26)(H,22,27)(H,24,25)(H,29,30). The van der Waals surface area contributed by atoms with Crippen molar-refractivity contribution < 1.29 is 39.0 Å². The summed E-state index contributed by atoms with van der Waals surface area (Å²) >= 11 is 1.47. The van der Waals surface area contributed by atoms with Crippen molar-refractivity contribution in [1.82, 2.24) is 16.0 Å². The molecular weight excluding hydrogens is 434 g/mol. The lowest BCUT2D eigenvalue weighted by atomic mass is 10.1. The molecule has 0 aromatic carbocycles. The maximum Gasteiger partial charge on any atom is 0.325 e. The second-order valence-corrected chi connectivity index (χ2v) is 7.67. The van der Waals surface area contributed by atoms with Crippen LogP contribution in [0.4, 0.5) is 0 Å². The van der Waals surface area contributed by atoms with E-state index in [1.165, 1.54) is 11.8 Å². The fourth-order valence-electron chi connectivity index (χ4n) is 2.24. The normalized spacial score (nSPS) is 14.4. The topological polar surface area (TPSA) is 231 Å². The second-order valence-electron chi connectivity index (χ2n) is 6.68. The van der Waals surface area contributed by atoms with Crippen LogP contribution >= 0.6 is 11.8 Å². The van der Waals surface area contributed by atoms with Crippen LogP contribution in [0.25, 0.3) is 0 Å². The Morgan fingerprint density at radius 1 is 0.903 bits per heavy atom. The lowest BCUT2D eigenvalue weighted by Gasteiger charge is -2.24. The van der Waals surface area contributed by atoms with Crippen molar-refractivity contribution in [1.29, 1.82) is 0 Å². The first-order chi connectivity index (χ1) is 14.4. The van der Waals surface area contributed by atoms with E-state index in [0.717, 1.165) is 6.92 Å². The number of rotatable bonds is 15. The minimum absolute atomic E-state index is 0.213. The van der Waals surface area contributed by atoms with Gasteiger partial charge in [0.1, 0.15) is 18.1 Å². The van der Waals surface area contributed by atoms with E-state index in [4.69, 9.17) is 21.7 Å². The highest BCUT2D eigenvalue weighted by Gasteiger charge is 2.30. The smallest absolute Gasteiger partial charge is 0.325 e. The van der Waals surface area contributed by atoms with Crippen molar-refractivity contribution in [2.24, 2.45) is 11.5 Å². The molecule has 0 saturated heterocycles. The number of thioether (sulfide) groups is 1. The predicted molar refractivity (Wildman–Crippen MR) is 111 cm³/mol. The number of primary amides is 1. The van der Waals surface area contributed by atoms with Crippen LogP contribution in [0.3, 0.4) is 0 Å². The molecule has 4 atom stereocenters. The monoisotopic (exact) mass is 463 g/mol. The maximum absolute atomic E-state index is 12.6. The molecule has 13 nitrogen and oxygen atoms in total. The Kier molecular flexibility index (Phi) is 12.9. The van der Waals surface area contributed by atoms with Gasteiger partial charge in [-0.15, -0.1) is 0 Å². The van der Waals surface area contributed by atoms with Gasteiger partial charge < -0.3 is 37.6 Å². The highest BCUT2D eigenvalue weighted by atomic mass is 32.2. The molecule has 0 aliphatic heterocycles. The zero-order chi connectivity index (χ0) is 24.1. The average Bonchev–Trinajstić information content (AvgIpc) is 2.67. The van der Waals surface area contributed by atoms with Crippen LogP contribution in [0, 0.1) is 0 Å². The third-order valence-corrected chi connectivity index (χ3v) is 4.67. The zero-order valence-corrected chi connectivity index (χ0v) is 18.1. The van der Waals surface area contributed by atoms with Gasteiger partial charge in [-0.25, -0.2) is 0 Å². The van der Waals surface area contributed by atoms with Crippen molar-refractivity contribution in [3.05, 3.63) is 0 Å². The molecular formula is C17H29N5O8S. The van der Waals surface area contributed by atoms with E-state index in [-0.39, 0.29) is 12.8 Å². The average molecular weight is 464 g/mol. The molecule has 0 aliphatic rings. The van der Waals surface area contributed by atoms with Gasteiger partial charge in [0.2, 0.25) is 23.6 Å². The predicted octanol–water partition coefficient (Wildman–Crippen LogP) is -2.63. The van der Waals surface area contributed by atoms with Crippen LogP contribution in [-0.2, 0) is 28.8 Å². The lowest BCUT2D eigenvalue weighted by molar-refractivity contribution is -0.143. The lowest BCUT2D eigenvalue weighted by Crippen LogP contribution is -2.57. The van der Waals surface area contributed by atoms with Gasteiger partial charge >= 0.3 is 11.9 Å². The number of hydrogen-bond donors (Lipinski definition) is 7. The molecule has 9 N–H and O–H groups in total. The number of amides is 4. The van der Waals surface area contributed by atoms with Gasteiger partial charge in [-0.05, 0) is 31.8 Å². The molecule has 0 spiro atoms. The van der Waals surface area contributed by atoms with Gasteiger partial charge in [0.25, 0.3) is 0 Å². The van der Waals surface area contributed by atoms with Gasteiger partial charge in [0.05, 0.1) is 12.5 Å². The van der Waals surface area contributed by atoms with Crippen LogP contribution in [0.15, 0.2) is 0 Å². The molecule has 0 aliphatic carbocycles. The van der Waals surface area contributed by atoms with E-state index in [0.29, 0.717) is 12.2 Å². The summed E-state index contributed by atoms with van der Waals surface area (Å²) in [6.07, 6.45) is 0.827. The van der Waals surface area contributed by atoms with E-state index >= 15 is 0 Å². The number of aliphatic carboxylic acids is 2. The Balaban J connectivity index is 5.38. The van der Waals surface area contributed by atoms with Crippen molar-refractivity contribution in [2.75, 3.05) is 12.0 Å². The molecule has 31 heavy (non-hydrogen) atoms. The number of carboxylic acid groups (broad SMARTS) is 2. The number of carboxylic acids is 2. The molecule has 0 radical (unpaired) electrons. The Bertz CT molecular complexity index is 689. The molecule has 14 heteroatoms. The summed E-state index contributed by atoms with van der Waals surface area (Å²) < 4.78 is 0. The quantitative estimate of drug-likeness (QED) is 0.133. The van der Waals surface area contributed by atoms with Gasteiger partial charge in [0.15, 0.2) is 0 Å². The summed E-state index contributed by atoms with van der Waals surface area (Å²) in [6, 6.07) is -5.20. The van der Waals surface area contributed by atoms with Crippen LogP contribution < -0.4 is 27.4 Å². The maximum atomic E-state index is 12.6. The summed E-state index contributed by atoms with van der Waals surface area (Å²) in [7, 11) is 0. The highest BCUT2D eigenvalue weighted by molar-refractivity contribution is 7.98. The van der Waals surface area contributed by atoms with E-state index in [2.05, 4.69) is 16.0 Å². The number of carbonyl (C=O) groups is 6. The molecule has 0 aromatic rings. The first-order valence-electron chi connectivity index (χ1n) is 9.27. The number of nitrogens with one attached hydrogen (secondary N) is 3. The van der Waals surface area contributed by atoms with Crippen molar-refractivity contribution >= 4 is 47.3 Å². The molecule has 0 rings (SSSR count). The Morgan fingerprint density at radius 3 is 1.94 bits per heavy atom. The van der Waals surface area contributed by atoms with E-state index in [1.54, 1.807) is 0 Å². The molecule has 176 valence electrons. The third-order valence-electron chi connectivity index (χ3n) is 4.02. The summed E-state index contributed by atoms with van der Waals surface area (Å²) in [6.45, 7) is 1.16. The largest absolute Gasteiger partial charge is 0.481 e. The highest BCUT2D eigenvalue weighted by Crippen LogP contribution is 2.04. The molecule has 0 saturated carbocycles. The summed E-state index contributed by atoms with van der Waals surface area (Å²) in [4.78, 5) is 70.2. The zero-order valence-electron chi connectivity index (χ0n) is 17.3. The van der Waals surface area contributed by atoms with Gasteiger partial charge in [0, 0.05) is 6.42 Å². The van der Waals surface area contributed by atoms with Crippen LogP contribution in [-0.4, -0.2) is 82.0 Å². The van der Waals surface area contributed by atoms with Crippen LogP contribution in [0.1, 0.15) is 32.6 Å². The van der Waals surface area contributed by atoms with Gasteiger partial charge in [-0.2, -0.15) is 11.8 Å². The molecule has 0 fully saturated rings.